The van der Waals surface area contributed by atoms with Gasteiger partial charge in [-0.1, -0.05) is 67.6 Å². The van der Waals surface area contributed by atoms with Gasteiger partial charge in [-0.25, -0.2) is 17.6 Å². The van der Waals surface area contributed by atoms with Gasteiger partial charge in [0.1, 0.15) is 0 Å². The summed E-state index contributed by atoms with van der Waals surface area (Å²) in [6.45, 7) is 4.35. The lowest BCUT2D eigenvalue weighted by Crippen LogP contribution is -2.19. The predicted molar refractivity (Wildman–Crippen MR) is 123 cm³/mol. The second kappa shape index (κ2) is 9.92. The van der Waals surface area contributed by atoms with Crippen molar-refractivity contribution in [3.63, 3.8) is 0 Å². The Kier molecular flexibility index (Phi) is 6.99. The van der Waals surface area contributed by atoms with Crippen molar-refractivity contribution in [3.05, 3.63) is 95.1 Å². The third-order valence-corrected chi connectivity index (χ3v) is 6.28. The molecule has 0 saturated carbocycles. The Bertz CT molecular complexity index is 1160. The third-order valence-electron chi connectivity index (χ3n) is 6.28. The van der Waals surface area contributed by atoms with Gasteiger partial charge in [0, 0.05) is 22.6 Å². The van der Waals surface area contributed by atoms with Gasteiger partial charge in [0.05, 0.1) is 12.7 Å². The van der Waals surface area contributed by atoms with E-state index >= 15 is 0 Å². The lowest BCUT2D eigenvalue weighted by molar-refractivity contribution is -0.00524. The van der Waals surface area contributed by atoms with Gasteiger partial charge in [-0.15, -0.1) is 0 Å². The van der Waals surface area contributed by atoms with E-state index in [0.29, 0.717) is 24.5 Å². The normalized spacial score (nSPS) is 18.7. The first kappa shape index (κ1) is 23.2. The number of allylic oxidation sites excluding steroid dienone is 1. The third kappa shape index (κ3) is 4.60. The minimum atomic E-state index is -1.20. The lowest BCUT2D eigenvalue weighted by atomic mass is 9.93. The van der Waals surface area contributed by atoms with Crippen LogP contribution < -0.4 is 0 Å². The molecular weight excluding hydrogens is 428 g/mol. The highest BCUT2D eigenvalue weighted by molar-refractivity contribution is 5.72. The van der Waals surface area contributed by atoms with E-state index in [1.54, 1.807) is 19.1 Å². The minimum absolute atomic E-state index is 0.0199. The lowest BCUT2D eigenvalue weighted by Gasteiger charge is -2.27. The molecule has 33 heavy (non-hydrogen) atoms. The Morgan fingerprint density at radius 1 is 0.788 bits per heavy atom. The van der Waals surface area contributed by atoms with Gasteiger partial charge in [0.15, 0.2) is 23.3 Å². The zero-order valence-electron chi connectivity index (χ0n) is 18.7. The number of hydrogen-bond donors (Lipinski definition) is 0. The zero-order chi connectivity index (χ0) is 23.5. The van der Waals surface area contributed by atoms with Crippen LogP contribution in [0.1, 0.15) is 43.9 Å². The van der Waals surface area contributed by atoms with Crippen molar-refractivity contribution >= 4 is 0 Å². The quantitative estimate of drug-likeness (QED) is 0.279. The Morgan fingerprint density at radius 2 is 1.39 bits per heavy atom. The van der Waals surface area contributed by atoms with Crippen LogP contribution in [0.25, 0.3) is 22.3 Å². The maximum Gasteiger partial charge on any atom is 0.167 e. The van der Waals surface area contributed by atoms with Crippen molar-refractivity contribution in [2.24, 2.45) is 5.92 Å². The van der Waals surface area contributed by atoms with E-state index in [9.17, 15) is 17.6 Å². The van der Waals surface area contributed by atoms with Crippen LogP contribution in [-0.2, 0) is 11.2 Å². The first-order valence-electron chi connectivity index (χ1n) is 11.2. The van der Waals surface area contributed by atoms with Crippen LogP contribution >= 0.6 is 0 Å². The Labute approximate surface area is 191 Å². The standard InChI is InChI=1S/C28H26F4O/c1-3-5-17-6-15-24(33-16-17)20-9-7-19(8-10-20)21-13-14-23(28(32)26(21)30)22-12-11-18(4-2)25(29)27(22)31/h3,5,7-14,17,24H,4,6,15-16H2,1-2H3/t17?,24-/m0/s1. The molecule has 1 nitrogen and oxygen atoms in total. The molecule has 1 unspecified atom stereocenters. The molecule has 0 aliphatic carbocycles. The van der Waals surface area contributed by atoms with Gasteiger partial charge in [-0.3, -0.25) is 0 Å². The first-order valence-corrected chi connectivity index (χ1v) is 11.2. The SMILES string of the molecule is CC=CC1CC[C@@H](c2ccc(-c3ccc(-c4ccc(CC)c(F)c4F)c(F)c3F)cc2)OC1. The van der Waals surface area contributed by atoms with Crippen molar-refractivity contribution in [1.29, 1.82) is 0 Å². The zero-order valence-corrected chi connectivity index (χ0v) is 18.7. The van der Waals surface area contributed by atoms with Gasteiger partial charge in [0.2, 0.25) is 0 Å². The molecule has 0 aromatic heterocycles. The maximum absolute atomic E-state index is 15.0. The van der Waals surface area contributed by atoms with Crippen LogP contribution in [-0.4, -0.2) is 6.61 Å². The van der Waals surface area contributed by atoms with E-state index < -0.39 is 23.3 Å². The van der Waals surface area contributed by atoms with Crippen molar-refractivity contribution in [2.75, 3.05) is 6.61 Å². The number of aryl methyl sites for hydroxylation is 1. The smallest absolute Gasteiger partial charge is 0.167 e. The number of ether oxygens (including phenoxy) is 1. The Balaban J connectivity index is 1.59. The largest absolute Gasteiger partial charge is 0.373 e. The summed E-state index contributed by atoms with van der Waals surface area (Å²) in [6, 6.07) is 12.5. The van der Waals surface area contributed by atoms with Gasteiger partial charge >= 0.3 is 0 Å². The molecular formula is C28H26F4O. The van der Waals surface area contributed by atoms with Crippen LogP contribution in [0.15, 0.2) is 60.7 Å². The van der Waals surface area contributed by atoms with Crippen LogP contribution in [0.2, 0.25) is 0 Å². The average Bonchev–Trinajstić information content (AvgIpc) is 2.84. The highest BCUT2D eigenvalue weighted by Crippen LogP contribution is 2.36. The van der Waals surface area contributed by atoms with E-state index in [4.69, 9.17) is 4.74 Å². The van der Waals surface area contributed by atoms with E-state index in [0.717, 1.165) is 18.4 Å². The molecule has 3 aromatic rings. The van der Waals surface area contributed by atoms with Gasteiger partial charge in [-0.05, 0) is 42.9 Å². The molecule has 0 radical (unpaired) electrons. The molecule has 3 aromatic carbocycles. The second-order valence-electron chi connectivity index (χ2n) is 8.35. The molecule has 1 aliphatic heterocycles. The molecule has 4 rings (SSSR count). The predicted octanol–water partition coefficient (Wildman–Crippen LogP) is 8.18. The van der Waals surface area contributed by atoms with Crippen LogP contribution in [0, 0.1) is 29.2 Å². The summed E-state index contributed by atoms with van der Waals surface area (Å²) in [5, 5.41) is 0. The second-order valence-corrected chi connectivity index (χ2v) is 8.35. The minimum Gasteiger partial charge on any atom is -0.373 e. The Hall–Kier alpha value is -2.92. The summed E-state index contributed by atoms with van der Waals surface area (Å²) in [5.74, 6) is -4.07. The Morgan fingerprint density at radius 3 is 2.00 bits per heavy atom. The summed E-state index contributed by atoms with van der Waals surface area (Å²) in [5.41, 5.74) is 1.13. The number of rotatable bonds is 5. The molecule has 0 amide bonds. The monoisotopic (exact) mass is 454 g/mol. The average molecular weight is 455 g/mol. The van der Waals surface area contributed by atoms with Crippen molar-refractivity contribution in [3.8, 4) is 22.3 Å². The molecule has 0 N–H and O–H groups in total. The van der Waals surface area contributed by atoms with Gasteiger partial charge in [0.25, 0.3) is 0 Å². The van der Waals surface area contributed by atoms with E-state index in [1.807, 2.05) is 25.1 Å². The van der Waals surface area contributed by atoms with Crippen LogP contribution in [0.3, 0.4) is 0 Å². The summed E-state index contributed by atoms with van der Waals surface area (Å²) < 4.78 is 64.5. The number of benzene rings is 3. The fraction of sp³-hybridized carbons (Fsp3) is 0.286. The van der Waals surface area contributed by atoms with E-state index in [2.05, 4.69) is 6.08 Å². The molecule has 1 heterocycles. The topological polar surface area (TPSA) is 9.23 Å². The molecule has 2 atom stereocenters. The highest BCUT2D eigenvalue weighted by Gasteiger charge is 2.23. The molecule has 1 fully saturated rings. The van der Waals surface area contributed by atoms with E-state index in [1.165, 1.54) is 24.3 Å². The molecule has 0 spiro atoms. The highest BCUT2D eigenvalue weighted by atomic mass is 19.2. The molecule has 172 valence electrons. The summed E-state index contributed by atoms with van der Waals surface area (Å²) >= 11 is 0. The molecule has 1 saturated heterocycles. The van der Waals surface area contributed by atoms with Crippen molar-refractivity contribution in [1.82, 2.24) is 0 Å². The fourth-order valence-corrected chi connectivity index (χ4v) is 4.39. The summed E-state index contributed by atoms with van der Waals surface area (Å²) in [6.07, 6.45) is 6.40. The van der Waals surface area contributed by atoms with Gasteiger partial charge < -0.3 is 4.74 Å². The number of hydrogen-bond acceptors (Lipinski definition) is 1. The molecule has 1 aliphatic rings. The van der Waals surface area contributed by atoms with E-state index in [-0.39, 0.29) is 28.4 Å². The summed E-state index contributed by atoms with van der Waals surface area (Å²) in [7, 11) is 0. The van der Waals surface area contributed by atoms with Gasteiger partial charge in [-0.2, -0.15) is 0 Å². The maximum atomic E-state index is 15.0. The fourth-order valence-electron chi connectivity index (χ4n) is 4.39. The van der Waals surface area contributed by atoms with Crippen molar-refractivity contribution < 1.29 is 22.3 Å². The van der Waals surface area contributed by atoms with Crippen LogP contribution in [0.4, 0.5) is 17.6 Å². The summed E-state index contributed by atoms with van der Waals surface area (Å²) in [4.78, 5) is 0. The van der Waals surface area contributed by atoms with Crippen LogP contribution in [0.5, 0.6) is 0 Å². The number of halogens is 4. The van der Waals surface area contributed by atoms with Crippen molar-refractivity contribution in [2.45, 2.75) is 39.2 Å². The molecule has 5 heteroatoms. The first-order chi connectivity index (χ1) is 15.9. The molecule has 0 bridgehead atoms.